The second-order valence-electron chi connectivity index (χ2n) is 6.47. The molecule has 1 saturated carbocycles. The van der Waals surface area contributed by atoms with Gasteiger partial charge in [-0.1, -0.05) is 18.2 Å². The van der Waals surface area contributed by atoms with E-state index >= 15 is 0 Å². The molecule has 1 aromatic rings. The van der Waals surface area contributed by atoms with Gasteiger partial charge in [-0.2, -0.15) is 0 Å². The monoisotopic (exact) mass is 352 g/mol. The first-order chi connectivity index (χ1) is 11.9. The summed E-state index contributed by atoms with van der Waals surface area (Å²) in [6, 6.07) is 5.48. The van der Waals surface area contributed by atoms with Gasteiger partial charge in [-0.05, 0) is 38.7 Å². The van der Waals surface area contributed by atoms with Crippen molar-refractivity contribution in [3.05, 3.63) is 35.6 Å². The van der Waals surface area contributed by atoms with Gasteiger partial charge in [-0.25, -0.2) is 9.18 Å². The molecule has 0 aliphatic heterocycles. The van der Waals surface area contributed by atoms with Crippen molar-refractivity contribution >= 4 is 12.0 Å². The highest BCUT2D eigenvalue weighted by molar-refractivity contribution is 5.75. The van der Waals surface area contributed by atoms with Crippen molar-refractivity contribution in [2.75, 3.05) is 7.11 Å². The topological polar surface area (TPSA) is 87.7 Å². The van der Waals surface area contributed by atoms with Gasteiger partial charge in [0.15, 0.2) is 0 Å². The van der Waals surface area contributed by atoms with E-state index in [0.717, 1.165) is 0 Å². The summed E-state index contributed by atoms with van der Waals surface area (Å²) in [4.78, 5) is 23.1. The number of urea groups is 1. The molecule has 2 amide bonds. The molecule has 0 heterocycles. The Morgan fingerprint density at radius 1 is 1.24 bits per heavy atom. The van der Waals surface area contributed by atoms with Crippen LogP contribution in [0.1, 0.15) is 44.3 Å². The number of hydrogen-bond donors (Lipinski definition) is 3. The molecular weight excluding hydrogens is 327 g/mol. The van der Waals surface area contributed by atoms with Crippen molar-refractivity contribution in [3.63, 3.8) is 0 Å². The number of nitrogens with one attached hydrogen (secondary N) is 2. The minimum atomic E-state index is -0.774. The molecule has 7 heteroatoms. The highest BCUT2D eigenvalue weighted by Crippen LogP contribution is 2.25. The van der Waals surface area contributed by atoms with E-state index in [1.54, 1.807) is 25.1 Å². The molecule has 1 fully saturated rings. The molecule has 3 N–H and O–H groups in total. The minimum Gasteiger partial charge on any atom is -0.481 e. The molecule has 2 rings (SSSR count). The third-order valence-corrected chi connectivity index (χ3v) is 4.69. The number of carbonyl (C=O) groups is 2. The van der Waals surface area contributed by atoms with Gasteiger partial charge in [-0.15, -0.1) is 0 Å². The standard InChI is InChI=1S/C18H25FN2O4/c1-11(16(25-2)14-5-3-4-6-15(14)19)20-18(24)21-13-9-7-12(8-10-13)17(22)23/h3-6,11-13,16H,7-10H2,1-2H3,(H,22,23)(H2,20,21,24). The zero-order valence-corrected chi connectivity index (χ0v) is 14.5. The highest BCUT2D eigenvalue weighted by Gasteiger charge is 2.28. The second-order valence-corrected chi connectivity index (χ2v) is 6.47. The van der Waals surface area contributed by atoms with E-state index in [2.05, 4.69) is 10.6 Å². The quantitative estimate of drug-likeness (QED) is 0.735. The van der Waals surface area contributed by atoms with Crippen LogP contribution in [-0.2, 0) is 9.53 Å². The van der Waals surface area contributed by atoms with Crippen molar-refractivity contribution in [1.29, 1.82) is 0 Å². The van der Waals surface area contributed by atoms with E-state index in [0.29, 0.717) is 31.2 Å². The minimum absolute atomic E-state index is 0.0442. The summed E-state index contributed by atoms with van der Waals surface area (Å²) >= 11 is 0. The number of hydrogen-bond acceptors (Lipinski definition) is 3. The van der Waals surface area contributed by atoms with Gasteiger partial charge in [0.05, 0.1) is 12.0 Å². The summed E-state index contributed by atoms with van der Waals surface area (Å²) in [6.07, 6.45) is 1.80. The Morgan fingerprint density at radius 2 is 1.88 bits per heavy atom. The van der Waals surface area contributed by atoms with Crippen LogP contribution < -0.4 is 10.6 Å². The van der Waals surface area contributed by atoms with Crippen LogP contribution in [-0.4, -0.2) is 36.3 Å². The Kier molecular flexibility index (Phi) is 6.75. The number of benzene rings is 1. The second kappa shape index (κ2) is 8.80. The fraction of sp³-hybridized carbons (Fsp3) is 0.556. The smallest absolute Gasteiger partial charge is 0.315 e. The fourth-order valence-electron chi connectivity index (χ4n) is 3.30. The number of carboxylic acids is 1. The van der Waals surface area contributed by atoms with E-state index in [-0.39, 0.29) is 23.8 Å². The van der Waals surface area contributed by atoms with Gasteiger partial charge in [-0.3, -0.25) is 4.79 Å². The zero-order chi connectivity index (χ0) is 18.4. The molecule has 2 unspecified atom stereocenters. The molecule has 0 bridgehead atoms. The number of methoxy groups -OCH3 is 1. The van der Waals surface area contributed by atoms with E-state index < -0.39 is 18.1 Å². The van der Waals surface area contributed by atoms with Crippen LogP contribution in [0, 0.1) is 11.7 Å². The molecule has 1 aliphatic rings. The summed E-state index contributed by atoms with van der Waals surface area (Å²) in [5, 5.41) is 14.6. The lowest BCUT2D eigenvalue weighted by atomic mass is 9.86. The number of ether oxygens (including phenoxy) is 1. The molecule has 25 heavy (non-hydrogen) atoms. The molecule has 0 saturated heterocycles. The number of amides is 2. The lowest BCUT2D eigenvalue weighted by Crippen LogP contribution is -2.48. The third kappa shape index (κ3) is 5.16. The van der Waals surface area contributed by atoms with Crippen LogP contribution in [0.25, 0.3) is 0 Å². The van der Waals surface area contributed by atoms with Gasteiger partial charge in [0.2, 0.25) is 0 Å². The number of carboxylic acid groups (broad SMARTS) is 1. The Hall–Kier alpha value is -2.15. The van der Waals surface area contributed by atoms with Crippen molar-refractivity contribution in [1.82, 2.24) is 10.6 Å². The maximum atomic E-state index is 13.9. The van der Waals surface area contributed by atoms with Gasteiger partial charge in [0.25, 0.3) is 0 Å². The molecule has 0 spiro atoms. The Labute approximate surface area is 146 Å². The van der Waals surface area contributed by atoms with Gasteiger partial charge >= 0.3 is 12.0 Å². The SMILES string of the molecule is COC(c1ccccc1F)C(C)NC(=O)NC1CCC(C(=O)O)CC1. The number of halogens is 1. The van der Waals surface area contributed by atoms with Crippen molar-refractivity contribution in [3.8, 4) is 0 Å². The Morgan fingerprint density at radius 3 is 2.44 bits per heavy atom. The maximum absolute atomic E-state index is 13.9. The largest absolute Gasteiger partial charge is 0.481 e. The predicted molar refractivity (Wildman–Crippen MR) is 90.7 cm³/mol. The van der Waals surface area contributed by atoms with Crippen molar-refractivity contribution < 1.29 is 23.8 Å². The average Bonchev–Trinajstić information content (AvgIpc) is 2.57. The summed E-state index contributed by atoms with van der Waals surface area (Å²) < 4.78 is 19.3. The molecule has 2 atom stereocenters. The summed E-state index contributed by atoms with van der Waals surface area (Å²) in [6.45, 7) is 1.75. The first kappa shape index (κ1) is 19.2. The fourth-order valence-corrected chi connectivity index (χ4v) is 3.30. The molecule has 0 aromatic heterocycles. The molecule has 0 radical (unpaired) electrons. The van der Waals surface area contributed by atoms with Crippen LogP contribution in [0.15, 0.2) is 24.3 Å². The number of carbonyl (C=O) groups excluding carboxylic acids is 1. The molecule has 1 aliphatic carbocycles. The van der Waals surface area contributed by atoms with Crippen molar-refractivity contribution in [2.24, 2.45) is 5.92 Å². The van der Waals surface area contributed by atoms with Gasteiger partial charge < -0.3 is 20.5 Å². The van der Waals surface area contributed by atoms with E-state index in [4.69, 9.17) is 9.84 Å². The number of rotatable bonds is 6. The predicted octanol–water partition coefficient (Wildman–Crippen LogP) is 2.84. The van der Waals surface area contributed by atoms with Crippen LogP contribution >= 0.6 is 0 Å². The Balaban J connectivity index is 1.87. The van der Waals surface area contributed by atoms with Gasteiger partial charge in [0, 0.05) is 18.7 Å². The summed E-state index contributed by atoms with van der Waals surface area (Å²) in [7, 11) is 1.47. The first-order valence-electron chi connectivity index (χ1n) is 8.49. The van der Waals surface area contributed by atoms with E-state index in [1.807, 2.05) is 0 Å². The van der Waals surface area contributed by atoms with Crippen molar-refractivity contribution in [2.45, 2.75) is 50.8 Å². The third-order valence-electron chi connectivity index (χ3n) is 4.69. The lowest BCUT2D eigenvalue weighted by molar-refractivity contribution is -0.142. The first-order valence-corrected chi connectivity index (χ1v) is 8.49. The summed E-state index contributed by atoms with van der Waals surface area (Å²) in [5.41, 5.74) is 0.389. The van der Waals surface area contributed by atoms with Crippen LogP contribution in [0.3, 0.4) is 0 Å². The highest BCUT2D eigenvalue weighted by atomic mass is 19.1. The molecule has 1 aromatic carbocycles. The van der Waals surface area contributed by atoms with E-state index in [1.165, 1.54) is 13.2 Å². The maximum Gasteiger partial charge on any atom is 0.315 e. The lowest BCUT2D eigenvalue weighted by Gasteiger charge is -2.29. The Bertz CT molecular complexity index is 602. The van der Waals surface area contributed by atoms with E-state index in [9.17, 15) is 14.0 Å². The number of aliphatic carboxylic acids is 1. The molecular formula is C18H25FN2O4. The zero-order valence-electron chi connectivity index (χ0n) is 14.5. The molecule has 138 valence electrons. The molecule has 6 nitrogen and oxygen atoms in total. The van der Waals surface area contributed by atoms with Crippen LogP contribution in [0.2, 0.25) is 0 Å². The van der Waals surface area contributed by atoms with Gasteiger partial charge in [0.1, 0.15) is 11.9 Å². The van der Waals surface area contributed by atoms with Crippen LogP contribution in [0.4, 0.5) is 9.18 Å². The average molecular weight is 352 g/mol. The summed E-state index contributed by atoms with van der Waals surface area (Å²) in [5.74, 6) is -1.47. The normalized spacial score (nSPS) is 22.7. The van der Waals surface area contributed by atoms with Crippen LogP contribution in [0.5, 0.6) is 0 Å².